The van der Waals surface area contributed by atoms with E-state index in [1.807, 2.05) is 86.4 Å². The number of para-hydroxylation sites is 1. The maximum Gasteiger partial charge on any atom is 0.407 e. The van der Waals surface area contributed by atoms with Crippen molar-refractivity contribution in [2.24, 2.45) is 12.0 Å². The molecular formula is C27H26N7O3+. The topological polar surface area (TPSA) is 88.7 Å². The van der Waals surface area contributed by atoms with Crippen LogP contribution in [0.2, 0.25) is 0 Å². The zero-order valence-electron chi connectivity index (χ0n) is 21.2. The number of amidine groups is 1. The van der Waals surface area contributed by atoms with Crippen molar-refractivity contribution in [2.75, 3.05) is 14.1 Å². The summed E-state index contributed by atoms with van der Waals surface area (Å²) >= 11 is 0. The predicted octanol–water partition coefficient (Wildman–Crippen LogP) is 2.65. The first-order chi connectivity index (χ1) is 17.7. The quantitative estimate of drug-likeness (QED) is 0.409. The van der Waals surface area contributed by atoms with E-state index in [1.165, 1.54) is 11.9 Å². The van der Waals surface area contributed by atoms with Crippen LogP contribution in [0.4, 0.5) is 10.7 Å². The van der Waals surface area contributed by atoms with Crippen LogP contribution >= 0.6 is 0 Å². The highest BCUT2D eigenvalue weighted by molar-refractivity contribution is 6.18. The van der Waals surface area contributed by atoms with Gasteiger partial charge in [0.25, 0.3) is 5.91 Å². The van der Waals surface area contributed by atoms with Gasteiger partial charge in [0.15, 0.2) is 5.69 Å². The first-order valence-electron chi connectivity index (χ1n) is 11.9. The van der Waals surface area contributed by atoms with Gasteiger partial charge >= 0.3 is 17.5 Å². The summed E-state index contributed by atoms with van der Waals surface area (Å²) in [6.07, 6.45) is 1.84. The molecule has 0 N–H and O–H groups in total. The van der Waals surface area contributed by atoms with Crippen LogP contribution in [-0.4, -0.2) is 55.6 Å². The van der Waals surface area contributed by atoms with Crippen LogP contribution in [0.25, 0.3) is 22.6 Å². The Kier molecular flexibility index (Phi) is 4.84. The first kappa shape index (κ1) is 22.7. The number of imide groups is 1. The number of carbonyl (C=O) groups excluding carboxylic acids is 2. The van der Waals surface area contributed by atoms with Gasteiger partial charge in [0.2, 0.25) is 11.9 Å². The number of nitrogens with zero attached hydrogens (tertiary/aromatic N) is 7. The van der Waals surface area contributed by atoms with Crippen molar-refractivity contribution in [3.63, 3.8) is 0 Å². The summed E-state index contributed by atoms with van der Waals surface area (Å²) in [6, 6.07) is 16.2. The Bertz CT molecular complexity index is 1690. The van der Waals surface area contributed by atoms with Gasteiger partial charge in [-0.1, -0.05) is 53.0 Å². The lowest BCUT2D eigenvalue weighted by atomic mass is 10.1. The molecule has 1 unspecified atom stereocenters. The molecule has 10 nitrogen and oxygen atoms in total. The Morgan fingerprint density at radius 2 is 1.54 bits per heavy atom. The van der Waals surface area contributed by atoms with E-state index in [0.717, 1.165) is 33.1 Å². The number of hydrogen-bond donors (Lipinski definition) is 0. The maximum atomic E-state index is 14.0. The second-order valence-electron chi connectivity index (χ2n) is 9.44. The number of likely N-dealkylation sites (N-methyl/N-ethyl adjacent to an activating group) is 2. The highest BCUT2D eigenvalue weighted by Crippen LogP contribution is 2.35. The summed E-state index contributed by atoms with van der Waals surface area (Å²) in [7, 11) is 4.91. The van der Waals surface area contributed by atoms with Crippen molar-refractivity contribution < 1.29 is 14.2 Å². The second kappa shape index (κ2) is 7.89. The van der Waals surface area contributed by atoms with Gasteiger partial charge in [-0.15, -0.1) is 0 Å². The standard InChI is InChI=1S/C27H26N7O3/c1-16-11-13-18(14-12-16)20-15-32-22-23(29(3)27(37)30(4)24(22)35)28-26(32)33(20)21-17(2)31(5)34(25(21)36)19-9-7-6-8-10-19/h6-15,22H,1-5H3/q+1. The van der Waals surface area contributed by atoms with Crippen LogP contribution in [-0.2, 0) is 11.8 Å². The lowest BCUT2D eigenvalue weighted by molar-refractivity contribution is -0.676. The molecule has 0 bridgehead atoms. The fraction of sp³-hybridized carbons (Fsp3) is 0.222. The molecule has 2 aromatic heterocycles. The Hall–Kier alpha value is -4.73. The minimum atomic E-state index is -0.798. The molecule has 37 heavy (non-hydrogen) atoms. The third-order valence-corrected chi connectivity index (χ3v) is 7.25. The number of rotatable bonds is 3. The van der Waals surface area contributed by atoms with Gasteiger partial charge in [0.1, 0.15) is 11.9 Å². The summed E-state index contributed by atoms with van der Waals surface area (Å²) < 4.78 is 6.99. The number of benzene rings is 2. The molecule has 0 radical (unpaired) electrons. The molecule has 3 amide bonds. The molecule has 1 saturated heterocycles. The SMILES string of the molecule is Cc1ccc(-c2c[n+]3c(n2-c2c(C)n(C)n(-c4ccccc4)c2=O)N=C2C3C(=O)N(C)C(=O)N2C)cc1. The van der Waals surface area contributed by atoms with E-state index < -0.39 is 12.1 Å². The van der Waals surface area contributed by atoms with E-state index in [2.05, 4.69) is 0 Å². The van der Waals surface area contributed by atoms with Crippen LogP contribution in [0.3, 0.4) is 0 Å². The van der Waals surface area contributed by atoms with E-state index in [1.54, 1.807) is 20.9 Å². The van der Waals surface area contributed by atoms with Crippen molar-refractivity contribution in [3.8, 4) is 22.6 Å². The van der Waals surface area contributed by atoms with Gasteiger partial charge in [-0.3, -0.25) is 24.1 Å². The summed E-state index contributed by atoms with van der Waals surface area (Å²) in [6.45, 7) is 3.90. The third-order valence-electron chi connectivity index (χ3n) is 7.25. The van der Waals surface area contributed by atoms with Crippen LogP contribution in [0.15, 0.2) is 70.6 Å². The number of imidazole rings is 1. The van der Waals surface area contributed by atoms with Crippen LogP contribution in [0, 0.1) is 13.8 Å². The Morgan fingerprint density at radius 3 is 2.22 bits per heavy atom. The second-order valence-corrected chi connectivity index (χ2v) is 9.44. The molecule has 0 aliphatic carbocycles. The average molecular weight is 497 g/mol. The molecule has 10 heteroatoms. The zero-order chi connectivity index (χ0) is 26.2. The molecule has 1 fully saturated rings. The van der Waals surface area contributed by atoms with Gasteiger partial charge < -0.3 is 0 Å². The van der Waals surface area contributed by atoms with Gasteiger partial charge in [-0.2, -0.15) is 4.57 Å². The van der Waals surface area contributed by atoms with E-state index >= 15 is 0 Å². The van der Waals surface area contributed by atoms with E-state index in [9.17, 15) is 14.4 Å². The molecule has 2 aliphatic rings. The van der Waals surface area contributed by atoms with Crippen LogP contribution in [0.1, 0.15) is 17.3 Å². The van der Waals surface area contributed by atoms with Crippen molar-refractivity contribution >= 4 is 23.7 Å². The molecular weight excluding hydrogens is 470 g/mol. The van der Waals surface area contributed by atoms with Gasteiger partial charge in [-0.05, 0) is 26.0 Å². The van der Waals surface area contributed by atoms with Crippen LogP contribution in [0.5, 0.6) is 0 Å². The maximum absolute atomic E-state index is 14.0. The molecule has 1 atom stereocenters. The monoisotopic (exact) mass is 496 g/mol. The van der Waals surface area contributed by atoms with Crippen LogP contribution < -0.4 is 10.1 Å². The van der Waals surface area contributed by atoms with E-state index in [0.29, 0.717) is 17.5 Å². The Balaban J connectivity index is 1.67. The Labute approximate surface area is 212 Å². The van der Waals surface area contributed by atoms with Crippen molar-refractivity contribution in [2.45, 2.75) is 19.9 Å². The normalized spacial score (nSPS) is 16.8. The summed E-state index contributed by atoms with van der Waals surface area (Å²) in [5, 5.41) is 0. The van der Waals surface area contributed by atoms with E-state index in [-0.39, 0.29) is 11.5 Å². The molecule has 186 valence electrons. The number of aryl methyl sites for hydroxylation is 1. The minimum absolute atomic E-state index is 0.221. The molecule has 2 aromatic carbocycles. The number of aliphatic imine (C=N–C) groups is 1. The number of aromatic nitrogens is 4. The molecule has 4 aromatic rings. The summed E-state index contributed by atoms with van der Waals surface area (Å²) in [5.41, 5.74) is 4.37. The number of amides is 3. The number of hydrogen-bond acceptors (Lipinski definition) is 4. The van der Waals surface area contributed by atoms with Gasteiger partial charge in [0, 0.05) is 26.7 Å². The molecule has 4 heterocycles. The average Bonchev–Trinajstić information content (AvgIpc) is 3.51. The predicted molar refractivity (Wildman–Crippen MR) is 138 cm³/mol. The summed E-state index contributed by atoms with van der Waals surface area (Å²) in [4.78, 5) is 47.1. The minimum Gasteiger partial charge on any atom is -0.282 e. The lowest BCUT2D eigenvalue weighted by Crippen LogP contribution is -2.61. The first-order valence-corrected chi connectivity index (χ1v) is 11.9. The number of carbonyl (C=O) groups is 2. The largest absolute Gasteiger partial charge is 0.407 e. The highest BCUT2D eigenvalue weighted by atomic mass is 16.2. The van der Waals surface area contributed by atoms with Gasteiger partial charge in [0.05, 0.1) is 11.4 Å². The molecule has 0 saturated carbocycles. The fourth-order valence-electron chi connectivity index (χ4n) is 5.10. The third kappa shape index (κ3) is 3.08. The van der Waals surface area contributed by atoms with E-state index in [4.69, 9.17) is 4.99 Å². The smallest absolute Gasteiger partial charge is 0.282 e. The zero-order valence-corrected chi connectivity index (χ0v) is 21.2. The molecule has 6 rings (SSSR count). The highest BCUT2D eigenvalue weighted by Gasteiger charge is 2.53. The molecule has 0 spiro atoms. The Morgan fingerprint density at radius 1 is 0.865 bits per heavy atom. The number of fused-ring (bicyclic) bond motifs is 3. The van der Waals surface area contributed by atoms with Crippen molar-refractivity contribution in [1.82, 2.24) is 23.7 Å². The fourth-order valence-corrected chi connectivity index (χ4v) is 5.10. The van der Waals surface area contributed by atoms with Gasteiger partial charge in [-0.25, -0.2) is 14.0 Å². The number of urea groups is 1. The summed E-state index contributed by atoms with van der Waals surface area (Å²) in [5.74, 6) is 0.374. The van der Waals surface area contributed by atoms with Crippen molar-refractivity contribution in [3.05, 3.63) is 82.4 Å². The molecule has 2 aliphatic heterocycles. The lowest BCUT2D eigenvalue weighted by Gasteiger charge is -2.30. The van der Waals surface area contributed by atoms with Crippen molar-refractivity contribution in [1.29, 1.82) is 0 Å².